The van der Waals surface area contributed by atoms with Crippen molar-refractivity contribution < 1.29 is 23.7 Å². The summed E-state index contributed by atoms with van der Waals surface area (Å²) in [5.74, 6) is -1.43. The van der Waals surface area contributed by atoms with Gasteiger partial charge in [0.25, 0.3) is 17.5 Å². The number of nitro groups is 1. The number of carbonyl (C=O) groups is 3. The van der Waals surface area contributed by atoms with Crippen LogP contribution in [0.25, 0.3) is 6.08 Å². The number of hydrogen-bond acceptors (Lipinski definition) is 6. The molecule has 0 bridgehead atoms. The number of nitro benzene ring substituents is 1. The molecule has 1 saturated heterocycles. The molecule has 0 radical (unpaired) electrons. The summed E-state index contributed by atoms with van der Waals surface area (Å²) >= 11 is 0. The number of imide groups is 2. The Hall–Kier alpha value is -3.75. The minimum absolute atomic E-state index is 0.0981. The van der Waals surface area contributed by atoms with Gasteiger partial charge < -0.3 is 4.42 Å². The first-order valence-electron chi connectivity index (χ1n) is 6.67. The van der Waals surface area contributed by atoms with E-state index >= 15 is 0 Å². The number of non-ortho nitro benzene ring substituents is 1. The summed E-state index contributed by atoms with van der Waals surface area (Å²) in [5.41, 5.74) is -0.380. The van der Waals surface area contributed by atoms with Gasteiger partial charge >= 0.3 is 6.03 Å². The molecule has 2 aromatic rings. The third-order valence-electron chi connectivity index (χ3n) is 3.25. The molecule has 1 aliphatic rings. The van der Waals surface area contributed by atoms with Crippen LogP contribution in [-0.4, -0.2) is 22.8 Å². The topological polar surface area (TPSA) is 123 Å². The number of benzene rings is 1. The average molecular weight is 327 g/mol. The Kier molecular flexibility index (Phi) is 3.66. The van der Waals surface area contributed by atoms with E-state index in [1.54, 1.807) is 12.1 Å². The number of rotatable bonds is 3. The zero-order chi connectivity index (χ0) is 17.3. The third kappa shape index (κ3) is 2.65. The van der Waals surface area contributed by atoms with Crippen molar-refractivity contribution in [1.82, 2.24) is 5.32 Å². The molecule has 1 aliphatic heterocycles. The minimum Gasteiger partial charge on any atom is -0.465 e. The van der Waals surface area contributed by atoms with Crippen molar-refractivity contribution in [2.75, 3.05) is 4.90 Å². The van der Waals surface area contributed by atoms with E-state index in [1.165, 1.54) is 24.5 Å². The molecule has 0 saturated carbocycles. The maximum Gasteiger partial charge on any atom is 0.335 e. The Bertz CT molecular complexity index is 867. The Morgan fingerprint density at radius 1 is 1.12 bits per heavy atom. The van der Waals surface area contributed by atoms with Crippen molar-refractivity contribution in [3.8, 4) is 0 Å². The standard InChI is InChI=1S/C15H9N3O6/c19-13-12(8-11-2-1-7-24-11)14(20)17(15(21)16-13)9-3-5-10(6-4-9)18(22)23/h1-8H,(H,16,19,21)/b12-8-. The van der Waals surface area contributed by atoms with Gasteiger partial charge in [-0.2, -0.15) is 0 Å². The molecule has 120 valence electrons. The van der Waals surface area contributed by atoms with Crippen molar-refractivity contribution >= 4 is 35.3 Å². The fourth-order valence-electron chi connectivity index (χ4n) is 2.13. The van der Waals surface area contributed by atoms with E-state index in [0.717, 1.165) is 17.0 Å². The second-order valence-corrected chi connectivity index (χ2v) is 4.75. The first-order valence-corrected chi connectivity index (χ1v) is 6.67. The lowest BCUT2D eigenvalue weighted by Crippen LogP contribution is -2.54. The Balaban J connectivity index is 1.98. The number of nitrogens with one attached hydrogen (secondary N) is 1. The number of furan rings is 1. The molecular weight excluding hydrogens is 318 g/mol. The second-order valence-electron chi connectivity index (χ2n) is 4.75. The predicted molar refractivity (Wildman–Crippen MR) is 80.8 cm³/mol. The van der Waals surface area contributed by atoms with E-state index < -0.39 is 22.8 Å². The number of barbiturate groups is 1. The number of nitrogens with zero attached hydrogens (tertiary/aromatic N) is 2. The molecule has 0 spiro atoms. The minimum atomic E-state index is -0.935. The fraction of sp³-hybridized carbons (Fsp3) is 0. The van der Waals surface area contributed by atoms with E-state index in [1.807, 2.05) is 5.32 Å². The summed E-state index contributed by atoms with van der Waals surface area (Å²) < 4.78 is 5.06. The van der Waals surface area contributed by atoms with E-state index in [4.69, 9.17) is 4.42 Å². The normalized spacial score (nSPS) is 16.4. The second kappa shape index (κ2) is 5.80. The smallest absolute Gasteiger partial charge is 0.335 e. The third-order valence-corrected chi connectivity index (χ3v) is 3.25. The quantitative estimate of drug-likeness (QED) is 0.397. The molecule has 24 heavy (non-hydrogen) atoms. The van der Waals surface area contributed by atoms with E-state index in [2.05, 4.69) is 0 Å². The average Bonchev–Trinajstić information content (AvgIpc) is 3.05. The maximum absolute atomic E-state index is 12.5. The van der Waals surface area contributed by atoms with Crippen LogP contribution in [0.3, 0.4) is 0 Å². The van der Waals surface area contributed by atoms with Crippen LogP contribution in [0.1, 0.15) is 5.76 Å². The molecular formula is C15H9N3O6. The molecule has 1 fully saturated rings. The van der Waals surface area contributed by atoms with Gasteiger partial charge in [-0.3, -0.25) is 25.0 Å². The van der Waals surface area contributed by atoms with Crippen molar-refractivity contribution in [3.05, 3.63) is 64.1 Å². The zero-order valence-electron chi connectivity index (χ0n) is 12.0. The molecule has 9 nitrogen and oxygen atoms in total. The lowest BCUT2D eigenvalue weighted by atomic mass is 10.1. The van der Waals surface area contributed by atoms with Crippen molar-refractivity contribution in [2.45, 2.75) is 0 Å². The molecule has 0 unspecified atom stereocenters. The van der Waals surface area contributed by atoms with Crippen LogP contribution in [-0.2, 0) is 9.59 Å². The lowest BCUT2D eigenvalue weighted by Gasteiger charge is -2.26. The number of carbonyl (C=O) groups excluding carboxylic acids is 3. The summed E-state index contributed by atoms with van der Waals surface area (Å²) in [6.45, 7) is 0. The van der Waals surface area contributed by atoms with Crippen LogP contribution in [0, 0.1) is 10.1 Å². The summed E-state index contributed by atoms with van der Waals surface area (Å²) in [5, 5.41) is 12.7. The Morgan fingerprint density at radius 3 is 2.42 bits per heavy atom. The monoisotopic (exact) mass is 327 g/mol. The van der Waals surface area contributed by atoms with Crippen LogP contribution in [0.5, 0.6) is 0 Å². The van der Waals surface area contributed by atoms with Gasteiger partial charge in [-0.25, -0.2) is 9.69 Å². The van der Waals surface area contributed by atoms with Crippen molar-refractivity contribution in [2.24, 2.45) is 0 Å². The van der Waals surface area contributed by atoms with Crippen LogP contribution in [0.4, 0.5) is 16.2 Å². The molecule has 0 atom stereocenters. The molecule has 1 N–H and O–H groups in total. The number of amides is 4. The number of urea groups is 1. The van der Waals surface area contributed by atoms with Crippen LogP contribution < -0.4 is 10.2 Å². The summed E-state index contributed by atoms with van der Waals surface area (Å²) in [6.07, 6.45) is 2.58. The predicted octanol–water partition coefficient (Wildman–Crippen LogP) is 1.85. The highest BCUT2D eigenvalue weighted by Crippen LogP contribution is 2.24. The Labute approximate surface area is 134 Å². The Morgan fingerprint density at radius 2 is 1.83 bits per heavy atom. The molecule has 1 aromatic heterocycles. The van der Waals surface area contributed by atoms with Crippen LogP contribution >= 0.6 is 0 Å². The first kappa shape index (κ1) is 15.2. The summed E-state index contributed by atoms with van der Waals surface area (Å²) in [7, 11) is 0. The van der Waals surface area contributed by atoms with Gasteiger partial charge in [0.15, 0.2) is 0 Å². The van der Waals surface area contributed by atoms with E-state index in [9.17, 15) is 24.5 Å². The largest absolute Gasteiger partial charge is 0.465 e. The van der Waals surface area contributed by atoms with Crippen molar-refractivity contribution in [3.63, 3.8) is 0 Å². The van der Waals surface area contributed by atoms with Gasteiger partial charge in [0.05, 0.1) is 16.9 Å². The van der Waals surface area contributed by atoms with Gasteiger partial charge in [-0.05, 0) is 30.3 Å². The highest BCUT2D eigenvalue weighted by molar-refractivity contribution is 6.39. The van der Waals surface area contributed by atoms with Gasteiger partial charge in [0.2, 0.25) is 0 Å². The zero-order valence-corrected chi connectivity index (χ0v) is 12.0. The summed E-state index contributed by atoms with van der Waals surface area (Å²) in [6, 6.07) is 6.99. The lowest BCUT2D eigenvalue weighted by molar-refractivity contribution is -0.384. The molecule has 1 aromatic carbocycles. The highest BCUT2D eigenvalue weighted by Gasteiger charge is 2.37. The van der Waals surface area contributed by atoms with Crippen LogP contribution in [0.2, 0.25) is 0 Å². The van der Waals surface area contributed by atoms with Gasteiger partial charge in [-0.1, -0.05) is 0 Å². The van der Waals surface area contributed by atoms with Crippen LogP contribution in [0.15, 0.2) is 52.7 Å². The van der Waals surface area contributed by atoms with E-state index in [0.29, 0.717) is 0 Å². The first-order chi connectivity index (χ1) is 11.5. The van der Waals surface area contributed by atoms with Gasteiger partial charge in [-0.15, -0.1) is 0 Å². The van der Waals surface area contributed by atoms with Gasteiger partial charge in [0.1, 0.15) is 11.3 Å². The SMILES string of the molecule is O=C1NC(=O)N(c2ccc([N+](=O)[O-])cc2)C(=O)/C1=C\c1ccco1. The summed E-state index contributed by atoms with van der Waals surface area (Å²) in [4.78, 5) is 47.1. The van der Waals surface area contributed by atoms with E-state index in [-0.39, 0.29) is 22.7 Å². The highest BCUT2D eigenvalue weighted by atomic mass is 16.6. The maximum atomic E-state index is 12.5. The molecule has 2 heterocycles. The molecule has 0 aliphatic carbocycles. The molecule has 4 amide bonds. The van der Waals surface area contributed by atoms with Crippen molar-refractivity contribution in [1.29, 1.82) is 0 Å². The number of anilines is 1. The van der Waals surface area contributed by atoms with Gasteiger partial charge in [0, 0.05) is 12.1 Å². The molecule has 3 rings (SSSR count). The molecule has 9 heteroatoms. The number of hydrogen-bond donors (Lipinski definition) is 1. The fourth-order valence-corrected chi connectivity index (χ4v) is 2.13.